The van der Waals surface area contributed by atoms with Crippen molar-refractivity contribution in [3.8, 4) is 22.2 Å². The Labute approximate surface area is 199 Å². The predicted octanol–water partition coefficient (Wildman–Crippen LogP) is 6.12. The Balaban J connectivity index is 1.40. The third-order valence-electron chi connectivity index (χ3n) is 4.97. The summed E-state index contributed by atoms with van der Waals surface area (Å²) in [7, 11) is 0. The summed E-state index contributed by atoms with van der Waals surface area (Å²) >= 11 is 3.08. The van der Waals surface area contributed by atoms with E-state index in [9.17, 15) is 0 Å². The van der Waals surface area contributed by atoms with Crippen molar-refractivity contribution in [1.29, 1.82) is 0 Å². The normalized spacial score (nSPS) is 12.1. The average molecular weight is 476 g/mol. The molecule has 7 nitrogen and oxygen atoms in total. The van der Waals surface area contributed by atoms with Gasteiger partial charge in [0.2, 0.25) is 5.89 Å². The number of aromatic nitrogens is 5. The molecule has 5 aromatic rings. The molecule has 0 N–H and O–H groups in total. The van der Waals surface area contributed by atoms with E-state index in [0.29, 0.717) is 24.2 Å². The molecule has 3 aromatic heterocycles. The largest absolute Gasteiger partial charge is 0.485 e. The van der Waals surface area contributed by atoms with E-state index in [0.717, 1.165) is 27.0 Å². The molecule has 166 valence electrons. The molecule has 0 bridgehead atoms. The lowest BCUT2D eigenvalue weighted by Crippen LogP contribution is -2.07. The van der Waals surface area contributed by atoms with Crippen molar-refractivity contribution in [3.63, 3.8) is 0 Å². The zero-order valence-corrected chi connectivity index (χ0v) is 19.7. The van der Waals surface area contributed by atoms with Gasteiger partial charge in [-0.05, 0) is 49.1 Å². The molecule has 0 saturated carbocycles. The van der Waals surface area contributed by atoms with Gasteiger partial charge in [0.25, 0.3) is 5.89 Å². The molecule has 0 aliphatic rings. The van der Waals surface area contributed by atoms with Gasteiger partial charge in [0.05, 0.1) is 10.1 Å². The molecule has 1 unspecified atom stereocenters. The standard InChI is InChI=1S/C24H21N5O2S2/c1-16-9-6-7-12-19(16)30-15-21-25-28-24(29(21)18-10-4-3-5-11-18)33-17(2)22-26-27-23(31-22)20-13-8-14-32-20/h3-14,17H,15H2,1-2H3. The third-order valence-corrected chi connectivity index (χ3v) is 6.86. The first-order valence-corrected chi connectivity index (χ1v) is 12.2. The van der Waals surface area contributed by atoms with Crippen LogP contribution in [0, 0.1) is 6.92 Å². The molecule has 0 aliphatic heterocycles. The number of thiophene rings is 1. The number of benzene rings is 2. The van der Waals surface area contributed by atoms with Crippen molar-refractivity contribution in [2.24, 2.45) is 0 Å². The molecule has 9 heteroatoms. The smallest absolute Gasteiger partial charge is 0.257 e. The van der Waals surface area contributed by atoms with Gasteiger partial charge in [0, 0.05) is 5.69 Å². The highest BCUT2D eigenvalue weighted by molar-refractivity contribution is 7.99. The summed E-state index contributed by atoms with van der Waals surface area (Å²) in [5.74, 6) is 2.62. The van der Waals surface area contributed by atoms with Crippen LogP contribution in [0.1, 0.15) is 29.5 Å². The first kappa shape index (κ1) is 21.4. The summed E-state index contributed by atoms with van der Waals surface area (Å²) in [5.41, 5.74) is 2.04. The van der Waals surface area contributed by atoms with Crippen LogP contribution in [0.15, 0.2) is 81.7 Å². The highest BCUT2D eigenvalue weighted by Crippen LogP contribution is 2.36. The predicted molar refractivity (Wildman–Crippen MR) is 129 cm³/mol. The van der Waals surface area contributed by atoms with E-state index in [1.807, 2.05) is 90.5 Å². The number of thioether (sulfide) groups is 1. The van der Waals surface area contributed by atoms with Crippen molar-refractivity contribution >= 4 is 23.1 Å². The Bertz CT molecular complexity index is 1330. The maximum absolute atomic E-state index is 6.06. The summed E-state index contributed by atoms with van der Waals surface area (Å²) in [6.45, 7) is 4.34. The summed E-state index contributed by atoms with van der Waals surface area (Å²) in [6, 6.07) is 21.9. The fourth-order valence-electron chi connectivity index (χ4n) is 3.27. The lowest BCUT2D eigenvalue weighted by atomic mass is 10.2. The summed E-state index contributed by atoms with van der Waals surface area (Å²) in [5, 5.41) is 19.9. The minimum absolute atomic E-state index is 0.108. The van der Waals surface area contributed by atoms with E-state index in [2.05, 4.69) is 20.4 Å². The summed E-state index contributed by atoms with van der Waals surface area (Å²) < 4.78 is 14.0. The Morgan fingerprint density at radius 3 is 2.58 bits per heavy atom. The van der Waals surface area contributed by atoms with Gasteiger partial charge >= 0.3 is 0 Å². The van der Waals surface area contributed by atoms with E-state index in [1.54, 1.807) is 11.3 Å². The first-order valence-electron chi connectivity index (χ1n) is 10.4. The Hall–Kier alpha value is -3.43. The fraction of sp³-hybridized carbons (Fsp3) is 0.167. The van der Waals surface area contributed by atoms with Crippen LogP contribution in [0.3, 0.4) is 0 Å². The third kappa shape index (κ3) is 4.69. The quantitative estimate of drug-likeness (QED) is 0.250. The first-order chi connectivity index (χ1) is 16.2. The SMILES string of the molecule is Cc1ccccc1OCc1nnc(SC(C)c2nnc(-c3cccs3)o2)n1-c1ccccc1. The lowest BCUT2D eigenvalue weighted by molar-refractivity contribution is 0.291. The molecular weight excluding hydrogens is 454 g/mol. The van der Waals surface area contributed by atoms with Gasteiger partial charge in [-0.2, -0.15) is 0 Å². The number of aryl methyl sites for hydroxylation is 1. The van der Waals surface area contributed by atoms with Crippen LogP contribution in [0.25, 0.3) is 16.5 Å². The molecule has 33 heavy (non-hydrogen) atoms. The second-order valence-corrected chi connectivity index (χ2v) is 9.56. The van der Waals surface area contributed by atoms with Crippen LogP contribution in [-0.4, -0.2) is 25.0 Å². The van der Waals surface area contributed by atoms with Gasteiger partial charge in [-0.3, -0.25) is 4.57 Å². The van der Waals surface area contributed by atoms with Gasteiger partial charge in [-0.1, -0.05) is 54.2 Å². The molecule has 0 fully saturated rings. The molecule has 0 saturated heterocycles. The highest BCUT2D eigenvalue weighted by Gasteiger charge is 2.22. The van der Waals surface area contributed by atoms with Crippen LogP contribution in [0.5, 0.6) is 5.75 Å². The molecular formula is C24H21N5O2S2. The maximum Gasteiger partial charge on any atom is 0.257 e. The second kappa shape index (κ2) is 9.60. The van der Waals surface area contributed by atoms with Crippen molar-refractivity contribution in [1.82, 2.24) is 25.0 Å². The van der Waals surface area contributed by atoms with Crippen molar-refractivity contribution < 1.29 is 9.15 Å². The van der Waals surface area contributed by atoms with Crippen molar-refractivity contribution in [2.45, 2.75) is 30.9 Å². The maximum atomic E-state index is 6.06. The number of ether oxygens (including phenoxy) is 1. The van der Waals surface area contributed by atoms with E-state index in [-0.39, 0.29) is 5.25 Å². The molecule has 0 radical (unpaired) electrons. The minimum atomic E-state index is -0.108. The summed E-state index contributed by atoms with van der Waals surface area (Å²) in [6.07, 6.45) is 0. The van der Waals surface area contributed by atoms with Crippen molar-refractivity contribution in [2.75, 3.05) is 0 Å². The number of hydrogen-bond donors (Lipinski definition) is 0. The van der Waals surface area contributed by atoms with E-state index >= 15 is 0 Å². The topological polar surface area (TPSA) is 78.9 Å². The van der Waals surface area contributed by atoms with Crippen LogP contribution < -0.4 is 4.74 Å². The van der Waals surface area contributed by atoms with Crippen LogP contribution >= 0.6 is 23.1 Å². The molecule has 0 spiro atoms. The summed E-state index contributed by atoms with van der Waals surface area (Å²) in [4.78, 5) is 0.953. The fourth-order valence-corrected chi connectivity index (χ4v) is 4.84. The molecule has 2 aromatic carbocycles. The van der Waals surface area contributed by atoms with Crippen LogP contribution in [0.4, 0.5) is 0 Å². The number of para-hydroxylation sites is 2. The highest BCUT2D eigenvalue weighted by atomic mass is 32.2. The molecule has 5 rings (SSSR count). The Morgan fingerprint density at radius 2 is 1.79 bits per heavy atom. The van der Waals surface area contributed by atoms with Gasteiger partial charge in [-0.15, -0.1) is 31.7 Å². The molecule has 0 amide bonds. The number of nitrogens with zero attached hydrogens (tertiary/aromatic N) is 5. The van der Waals surface area contributed by atoms with Crippen LogP contribution in [-0.2, 0) is 6.61 Å². The van der Waals surface area contributed by atoms with E-state index < -0.39 is 0 Å². The Kier molecular flexibility index (Phi) is 6.23. The average Bonchev–Trinajstić information content (AvgIpc) is 3.60. The number of hydrogen-bond acceptors (Lipinski definition) is 8. The second-order valence-electron chi connectivity index (χ2n) is 7.31. The van der Waals surface area contributed by atoms with E-state index in [1.165, 1.54) is 11.8 Å². The molecule has 0 aliphatic carbocycles. The molecule has 3 heterocycles. The minimum Gasteiger partial charge on any atom is -0.485 e. The van der Waals surface area contributed by atoms with Crippen LogP contribution in [0.2, 0.25) is 0 Å². The van der Waals surface area contributed by atoms with Crippen molar-refractivity contribution in [3.05, 3.63) is 89.4 Å². The zero-order chi connectivity index (χ0) is 22.6. The monoisotopic (exact) mass is 475 g/mol. The Morgan fingerprint density at radius 1 is 0.970 bits per heavy atom. The zero-order valence-electron chi connectivity index (χ0n) is 18.1. The van der Waals surface area contributed by atoms with Gasteiger partial charge in [0.1, 0.15) is 12.4 Å². The van der Waals surface area contributed by atoms with Gasteiger partial charge in [-0.25, -0.2) is 0 Å². The number of rotatable bonds is 8. The van der Waals surface area contributed by atoms with E-state index in [4.69, 9.17) is 9.15 Å². The molecule has 1 atom stereocenters. The lowest BCUT2D eigenvalue weighted by Gasteiger charge is -2.13. The van der Waals surface area contributed by atoms with Gasteiger partial charge in [0.15, 0.2) is 11.0 Å². The van der Waals surface area contributed by atoms with Gasteiger partial charge < -0.3 is 9.15 Å².